The van der Waals surface area contributed by atoms with Crippen LogP contribution >= 0.6 is 11.3 Å². The fourth-order valence-corrected chi connectivity index (χ4v) is 5.65. The third-order valence-electron chi connectivity index (χ3n) is 6.15. The second kappa shape index (κ2) is 5.01. The summed E-state index contributed by atoms with van der Waals surface area (Å²) in [5.41, 5.74) is 0.341. The number of fused-ring (bicyclic) bond motifs is 3. The van der Waals surface area contributed by atoms with Crippen LogP contribution in [0.4, 0.5) is 4.39 Å². The summed E-state index contributed by atoms with van der Waals surface area (Å²) in [5, 5.41) is 15.0. The maximum Gasteiger partial charge on any atom is 0.128 e. The molecule has 2 nitrogen and oxygen atoms in total. The van der Waals surface area contributed by atoms with Crippen molar-refractivity contribution in [3.63, 3.8) is 0 Å². The molecular weight excluding hydrogens is 309 g/mol. The Hall–Kier alpha value is -0.970. The van der Waals surface area contributed by atoms with Gasteiger partial charge in [0.05, 0.1) is 5.60 Å². The highest BCUT2D eigenvalue weighted by molar-refractivity contribution is 7.17. The van der Waals surface area contributed by atoms with Crippen LogP contribution in [0, 0.1) is 17.2 Å². The first-order valence-corrected chi connectivity index (χ1v) is 9.32. The van der Waals surface area contributed by atoms with E-state index in [1.807, 2.05) is 5.38 Å². The molecule has 4 rings (SSSR count). The molecule has 4 heteroatoms. The Kier molecular flexibility index (Phi) is 3.39. The van der Waals surface area contributed by atoms with E-state index >= 15 is 0 Å². The van der Waals surface area contributed by atoms with Gasteiger partial charge in [0.2, 0.25) is 0 Å². The molecule has 2 aliphatic rings. The zero-order valence-corrected chi connectivity index (χ0v) is 14.8. The van der Waals surface area contributed by atoms with Gasteiger partial charge in [-0.25, -0.2) is 4.39 Å². The molecule has 0 amide bonds. The summed E-state index contributed by atoms with van der Waals surface area (Å²) in [4.78, 5) is 2.31. The van der Waals surface area contributed by atoms with Crippen LogP contribution in [0.3, 0.4) is 0 Å². The van der Waals surface area contributed by atoms with Gasteiger partial charge in [0, 0.05) is 10.1 Å². The molecule has 1 atom stereocenters. The molecule has 2 aromatic rings. The maximum atomic E-state index is 14.7. The van der Waals surface area contributed by atoms with E-state index in [-0.39, 0.29) is 17.2 Å². The molecule has 1 aliphatic heterocycles. The Balaban J connectivity index is 1.93. The Morgan fingerprint density at radius 1 is 1.30 bits per heavy atom. The van der Waals surface area contributed by atoms with Gasteiger partial charge in [0.25, 0.3) is 0 Å². The van der Waals surface area contributed by atoms with E-state index in [2.05, 4.69) is 31.9 Å². The van der Waals surface area contributed by atoms with Crippen LogP contribution in [0.1, 0.15) is 37.8 Å². The van der Waals surface area contributed by atoms with Crippen LogP contribution in [-0.2, 0) is 12.0 Å². The lowest BCUT2D eigenvalue weighted by atomic mass is 9.65. The summed E-state index contributed by atoms with van der Waals surface area (Å²) >= 11 is 1.56. The lowest BCUT2D eigenvalue weighted by Crippen LogP contribution is -2.49. The minimum absolute atomic E-state index is 0.146. The van der Waals surface area contributed by atoms with Gasteiger partial charge in [0.15, 0.2) is 0 Å². The number of halogens is 1. The van der Waals surface area contributed by atoms with Crippen molar-refractivity contribution in [2.75, 3.05) is 20.1 Å². The maximum absolute atomic E-state index is 14.7. The molecule has 0 radical (unpaired) electrons. The van der Waals surface area contributed by atoms with Crippen molar-refractivity contribution in [1.82, 2.24) is 4.90 Å². The number of rotatable bonds is 1. The zero-order chi connectivity index (χ0) is 16.4. The van der Waals surface area contributed by atoms with E-state index in [0.29, 0.717) is 6.42 Å². The molecule has 0 saturated carbocycles. The van der Waals surface area contributed by atoms with E-state index in [4.69, 9.17) is 0 Å². The first kappa shape index (κ1) is 15.6. The fourth-order valence-electron chi connectivity index (χ4n) is 4.83. The number of thiophene rings is 1. The SMILES string of the molecule is CN1CCC(C2(O)c3c(c(F)cc4sccc34)CC2(C)C)CC1. The Bertz CT molecular complexity index is 760. The monoisotopic (exact) mass is 333 g/mol. The van der Waals surface area contributed by atoms with Crippen LogP contribution in [0.2, 0.25) is 0 Å². The van der Waals surface area contributed by atoms with Gasteiger partial charge in [-0.3, -0.25) is 0 Å². The van der Waals surface area contributed by atoms with Crippen molar-refractivity contribution >= 4 is 21.4 Å². The van der Waals surface area contributed by atoms with Crippen molar-refractivity contribution in [2.45, 2.75) is 38.7 Å². The van der Waals surface area contributed by atoms with E-state index in [1.54, 1.807) is 17.4 Å². The number of hydrogen-bond donors (Lipinski definition) is 1. The number of hydrogen-bond acceptors (Lipinski definition) is 3. The number of benzene rings is 1. The van der Waals surface area contributed by atoms with Gasteiger partial charge in [-0.05, 0) is 79.3 Å². The number of piperidine rings is 1. The Morgan fingerprint density at radius 3 is 2.70 bits per heavy atom. The van der Waals surface area contributed by atoms with Gasteiger partial charge in [-0.15, -0.1) is 11.3 Å². The second-order valence-corrected chi connectivity index (χ2v) is 8.90. The number of aliphatic hydroxyl groups is 1. The molecular formula is C19H24FNOS. The molecule has 1 aromatic heterocycles. The van der Waals surface area contributed by atoms with E-state index in [0.717, 1.165) is 47.1 Å². The van der Waals surface area contributed by atoms with Crippen molar-refractivity contribution in [1.29, 1.82) is 0 Å². The molecule has 2 heterocycles. The van der Waals surface area contributed by atoms with Gasteiger partial charge in [0.1, 0.15) is 5.82 Å². The van der Waals surface area contributed by atoms with Crippen LogP contribution in [0.5, 0.6) is 0 Å². The highest BCUT2D eigenvalue weighted by Gasteiger charge is 2.57. The molecule has 1 fully saturated rings. The molecule has 0 bridgehead atoms. The molecule has 0 spiro atoms. The predicted octanol–water partition coefficient (Wildman–Crippen LogP) is 4.15. The minimum atomic E-state index is -0.939. The summed E-state index contributed by atoms with van der Waals surface area (Å²) in [6.07, 6.45) is 2.55. The first-order valence-electron chi connectivity index (χ1n) is 8.44. The van der Waals surface area contributed by atoms with Gasteiger partial charge >= 0.3 is 0 Å². The summed E-state index contributed by atoms with van der Waals surface area (Å²) in [6.45, 7) is 6.20. The van der Waals surface area contributed by atoms with Crippen molar-refractivity contribution in [2.24, 2.45) is 11.3 Å². The summed E-state index contributed by atoms with van der Waals surface area (Å²) < 4.78 is 15.7. The average Bonchev–Trinajstić information content (AvgIpc) is 3.02. The number of nitrogens with zero attached hydrogens (tertiary/aromatic N) is 1. The number of likely N-dealkylation sites (tertiary alicyclic amines) is 1. The zero-order valence-electron chi connectivity index (χ0n) is 14.0. The molecule has 1 aromatic carbocycles. The van der Waals surface area contributed by atoms with Crippen LogP contribution in [0.25, 0.3) is 10.1 Å². The highest BCUT2D eigenvalue weighted by atomic mass is 32.1. The smallest absolute Gasteiger partial charge is 0.128 e. The molecule has 1 unspecified atom stereocenters. The largest absolute Gasteiger partial charge is 0.384 e. The normalized spacial score (nSPS) is 28.4. The lowest BCUT2D eigenvalue weighted by molar-refractivity contribution is -0.120. The standard InChI is InChI=1S/C19H24FNOS/c1-18(2)11-14-15(20)10-16-13(6-9-23-16)17(14)19(18,22)12-4-7-21(3)8-5-12/h6,9-10,12,22H,4-5,7-8,11H2,1-3H3. The summed E-state index contributed by atoms with van der Waals surface area (Å²) in [7, 11) is 2.13. The van der Waals surface area contributed by atoms with E-state index < -0.39 is 5.60 Å². The minimum Gasteiger partial charge on any atom is -0.384 e. The van der Waals surface area contributed by atoms with Gasteiger partial charge < -0.3 is 10.0 Å². The van der Waals surface area contributed by atoms with E-state index in [1.165, 1.54) is 0 Å². The summed E-state index contributed by atoms with van der Waals surface area (Å²) in [5.74, 6) is 0.0479. The second-order valence-electron chi connectivity index (χ2n) is 7.95. The molecule has 1 saturated heterocycles. The molecule has 124 valence electrons. The Morgan fingerprint density at radius 2 is 2.00 bits per heavy atom. The quantitative estimate of drug-likeness (QED) is 0.847. The Labute approximate surface area is 140 Å². The fraction of sp³-hybridized carbons (Fsp3) is 0.579. The third kappa shape index (κ3) is 2.04. The average molecular weight is 333 g/mol. The summed E-state index contributed by atoms with van der Waals surface area (Å²) in [6, 6.07) is 3.70. The molecule has 1 aliphatic carbocycles. The van der Waals surface area contributed by atoms with Gasteiger partial charge in [-0.2, -0.15) is 0 Å². The molecule has 1 N–H and O–H groups in total. The van der Waals surface area contributed by atoms with E-state index in [9.17, 15) is 9.50 Å². The van der Waals surface area contributed by atoms with Crippen molar-refractivity contribution in [3.05, 3.63) is 34.5 Å². The topological polar surface area (TPSA) is 23.5 Å². The van der Waals surface area contributed by atoms with Gasteiger partial charge in [-0.1, -0.05) is 13.8 Å². The predicted molar refractivity (Wildman–Crippen MR) is 93.4 cm³/mol. The van der Waals surface area contributed by atoms with Crippen LogP contribution in [-0.4, -0.2) is 30.1 Å². The van der Waals surface area contributed by atoms with Crippen LogP contribution in [0.15, 0.2) is 17.5 Å². The highest BCUT2D eigenvalue weighted by Crippen LogP contribution is 2.58. The third-order valence-corrected chi connectivity index (χ3v) is 7.02. The molecule has 23 heavy (non-hydrogen) atoms. The lowest BCUT2D eigenvalue weighted by Gasteiger charge is -2.46. The van der Waals surface area contributed by atoms with Crippen molar-refractivity contribution in [3.8, 4) is 0 Å². The van der Waals surface area contributed by atoms with Crippen molar-refractivity contribution < 1.29 is 9.50 Å². The first-order chi connectivity index (χ1) is 10.8. The van der Waals surface area contributed by atoms with Crippen LogP contribution < -0.4 is 0 Å².